The van der Waals surface area contributed by atoms with E-state index in [2.05, 4.69) is 13.2 Å². The van der Waals surface area contributed by atoms with Crippen LogP contribution < -0.4 is 5.73 Å². The van der Waals surface area contributed by atoms with Crippen LogP contribution in [0.1, 0.15) is 6.42 Å². The van der Waals surface area contributed by atoms with Gasteiger partial charge in [-0.15, -0.1) is 6.58 Å². The van der Waals surface area contributed by atoms with Crippen molar-refractivity contribution < 1.29 is 5.11 Å². The van der Waals surface area contributed by atoms with E-state index in [1.165, 1.54) is 6.08 Å². The molecule has 0 rings (SSSR count). The van der Waals surface area contributed by atoms with E-state index in [1.807, 2.05) is 0 Å². The normalized spacial score (nSPS) is 16.8. The van der Waals surface area contributed by atoms with Crippen LogP contribution in [0.25, 0.3) is 0 Å². The SMILES string of the molecule is C=CCC(N)(O)C=C. The molecule has 1 atom stereocenters. The maximum Gasteiger partial charge on any atom is 0.135 e. The van der Waals surface area contributed by atoms with Crippen molar-refractivity contribution in [2.45, 2.75) is 12.1 Å². The van der Waals surface area contributed by atoms with Crippen LogP contribution in [0.5, 0.6) is 0 Å². The Balaban J connectivity index is 3.70. The standard InChI is InChI=1S/C6H11NO/c1-3-5-6(7,8)4-2/h3-4,8H,1-2,5,7H2. The first-order chi connectivity index (χ1) is 3.62. The highest BCUT2D eigenvalue weighted by molar-refractivity contribution is 4.94. The van der Waals surface area contributed by atoms with Gasteiger partial charge in [0.1, 0.15) is 5.72 Å². The lowest BCUT2D eigenvalue weighted by atomic mass is 10.1. The van der Waals surface area contributed by atoms with Crippen molar-refractivity contribution in [3.63, 3.8) is 0 Å². The molecule has 8 heavy (non-hydrogen) atoms. The molecule has 0 aliphatic heterocycles. The fraction of sp³-hybridized carbons (Fsp3) is 0.333. The maximum atomic E-state index is 8.91. The first kappa shape index (κ1) is 7.40. The van der Waals surface area contributed by atoms with Gasteiger partial charge in [0, 0.05) is 6.42 Å². The summed E-state index contributed by atoms with van der Waals surface area (Å²) in [5, 5.41) is 8.91. The summed E-state index contributed by atoms with van der Waals surface area (Å²) in [6, 6.07) is 0. The molecule has 0 spiro atoms. The highest BCUT2D eigenvalue weighted by atomic mass is 16.3. The average molecular weight is 113 g/mol. The Morgan fingerprint density at radius 2 is 2.12 bits per heavy atom. The zero-order valence-electron chi connectivity index (χ0n) is 4.80. The Labute approximate surface area is 49.3 Å². The molecule has 0 saturated heterocycles. The number of aliphatic hydroxyl groups is 1. The van der Waals surface area contributed by atoms with Crippen LogP contribution in [0.4, 0.5) is 0 Å². The second-order valence-electron chi connectivity index (χ2n) is 1.69. The summed E-state index contributed by atoms with van der Waals surface area (Å²) >= 11 is 0. The quantitative estimate of drug-likeness (QED) is 0.411. The van der Waals surface area contributed by atoms with Gasteiger partial charge in [-0.3, -0.25) is 0 Å². The van der Waals surface area contributed by atoms with E-state index in [1.54, 1.807) is 6.08 Å². The van der Waals surface area contributed by atoms with Gasteiger partial charge in [-0.05, 0) is 6.08 Å². The predicted octanol–water partition coefficient (Wildman–Crippen LogP) is 0.396. The van der Waals surface area contributed by atoms with E-state index >= 15 is 0 Å². The van der Waals surface area contributed by atoms with Crippen LogP contribution in [0.15, 0.2) is 25.3 Å². The molecule has 0 aromatic heterocycles. The molecule has 3 N–H and O–H groups in total. The Morgan fingerprint density at radius 3 is 2.25 bits per heavy atom. The van der Waals surface area contributed by atoms with Crippen molar-refractivity contribution in [2.24, 2.45) is 5.73 Å². The molecular formula is C6H11NO. The maximum absolute atomic E-state index is 8.91. The topological polar surface area (TPSA) is 46.2 Å². The predicted molar refractivity (Wildman–Crippen MR) is 34.1 cm³/mol. The largest absolute Gasteiger partial charge is 0.372 e. The smallest absolute Gasteiger partial charge is 0.135 e. The molecular weight excluding hydrogens is 102 g/mol. The van der Waals surface area contributed by atoms with E-state index in [9.17, 15) is 0 Å². The van der Waals surface area contributed by atoms with Crippen molar-refractivity contribution >= 4 is 0 Å². The van der Waals surface area contributed by atoms with Gasteiger partial charge in [0.25, 0.3) is 0 Å². The third-order valence-corrected chi connectivity index (χ3v) is 0.825. The molecule has 0 aliphatic rings. The molecule has 0 aromatic carbocycles. The summed E-state index contributed by atoms with van der Waals surface area (Å²) in [5.41, 5.74) is 3.93. The third kappa shape index (κ3) is 2.55. The second-order valence-corrected chi connectivity index (χ2v) is 1.69. The summed E-state index contributed by atoms with van der Waals surface area (Å²) in [5.74, 6) is 0. The molecule has 0 aliphatic carbocycles. The van der Waals surface area contributed by atoms with E-state index in [4.69, 9.17) is 10.8 Å². The summed E-state index contributed by atoms with van der Waals surface area (Å²) < 4.78 is 0. The number of hydrogen-bond acceptors (Lipinski definition) is 2. The molecule has 0 fully saturated rings. The summed E-state index contributed by atoms with van der Waals surface area (Å²) in [6.45, 7) is 6.73. The fourth-order valence-corrected chi connectivity index (χ4v) is 0.315. The Morgan fingerprint density at radius 1 is 1.62 bits per heavy atom. The zero-order chi connectivity index (χ0) is 6.62. The minimum absolute atomic E-state index is 0.344. The third-order valence-electron chi connectivity index (χ3n) is 0.825. The van der Waals surface area contributed by atoms with Crippen LogP contribution in [-0.2, 0) is 0 Å². The Hall–Kier alpha value is -0.600. The molecule has 1 unspecified atom stereocenters. The number of rotatable bonds is 3. The van der Waals surface area contributed by atoms with Crippen molar-refractivity contribution in [3.05, 3.63) is 25.3 Å². The van der Waals surface area contributed by atoms with Crippen molar-refractivity contribution in [1.29, 1.82) is 0 Å². The Bertz CT molecular complexity index is 96.7. The van der Waals surface area contributed by atoms with Gasteiger partial charge in [-0.1, -0.05) is 12.7 Å². The van der Waals surface area contributed by atoms with Gasteiger partial charge >= 0.3 is 0 Å². The number of hydrogen-bond donors (Lipinski definition) is 2. The average Bonchev–Trinajstić information content (AvgIpc) is 1.67. The zero-order valence-corrected chi connectivity index (χ0v) is 4.80. The molecule has 2 heteroatoms. The molecule has 0 radical (unpaired) electrons. The van der Waals surface area contributed by atoms with Crippen LogP contribution in [0.3, 0.4) is 0 Å². The van der Waals surface area contributed by atoms with Crippen LogP contribution in [-0.4, -0.2) is 10.8 Å². The summed E-state index contributed by atoms with van der Waals surface area (Å²) in [6.07, 6.45) is 3.17. The van der Waals surface area contributed by atoms with Gasteiger partial charge in [-0.25, -0.2) is 0 Å². The minimum atomic E-state index is -1.26. The second kappa shape index (κ2) is 2.64. The summed E-state index contributed by atoms with van der Waals surface area (Å²) in [7, 11) is 0. The molecule has 0 saturated carbocycles. The van der Waals surface area contributed by atoms with E-state index in [0.29, 0.717) is 6.42 Å². The van der Waals surface area contributed by atoms with E-state index < -0.39 is 5.72 Å². The lowest BCUT2D eigenvalue weighted by molar-refractivity contribution is 0.102. The first-order valence-corrected chi connectivity index (χ1v) is 2.38. The lowest BCUT2D eigenvalue weighted by Gasteiger charge is -2.14. The van der Waals surface area contributed by atoms with Gasteiger partial charge < -0.3 is 10.8 Å². The highest BCUT2D eigenvalue weighted by Crippen LogP contribution is 2.01. The molecule has 0 bridgehead atoms. The van der Waals surface area contributed by atoms with Crippen molar-refractivity contribution in [1.82, 2.24) is 0 Å². The van der Waals surface area contributed by atoms with Crippen molar-refractivity contribution in [2.75, 3.05) is 0 Å². The van der Waals surface area contributed by atoms with Crippen molar-refractivity contribution in [3.8, 4) is 0 Å². The number of nitrogens with two attached hydrogens (primary N) is 1. The minimum Gasteiger partial charge on any atom is -0.372 e. The fourth-order valence-electron chi connectivity index (χ4n) is 0.315. The Kier molecular flexibility index (Phi) is 2.45. The van der Waals surface area contributed by atoms with Crippen LogP contribution in [0, 0.1) is 0 Å². The van der Waals surface area contributed by atoms with Gasteiger partial charge in [0.15, 0.2) is 0 Å². The molecule has 0 amide bonds. The highest BCUT2D eigenvalue weighted by Gasteiger charge is 2.11. The first-order valence-electron chi connectivity index (χ1n) is 2.38. The van der Waals surface area contributed by atoms with E-state index in [0.717, 1.165) is 0 Å². The molecule has 2 nitrogen and oxygen atoms in total. The lowest BCUT2D eigenvalue weighted by Crippen LogP contribution is -2.35. The summed E-state index contributed by atoms with van der Waals surface area (Å²) in [4.78, 5) is 0. The van der Waals surface area contributed by atoms with Crippen LogP contribution in [0.2, 0.25) is 0 Å². The monoisotopic (exact) mass is 113 g/mol. The van der Waals surface area contributed by atoms with E-state index in [-0.39, 0.29) is 0 Å². The molecule has 0 heterocycles. The molecule has 46 valence electrons. The molecule has 0 aromatic rings. The van der Waals surface area contributed by atoms with Crippen LogP contribution >= 0.6 is 0 Å². The van der Waals surface area contributed by atoms with Gasteiger partial charge in [0.05, 0.1) is 0 Å². The van der Waals surface area contributed by atoms with Gasteiger partial charge in [0.2, 0.25) is 0 Å². The van der Waals surface area contributed by atoms with Gasteiger partial charge in [-0.2, -0.15) is 0 Å².